The van der Waals surface area contributed by atoms with Crippen molar-refractivity contribution in [2.75, 3.05) is 32.6 Å². The number of carboxylic acids is 1. The summed E-state index contributed by atoms with van der Waals surface area (Å²) in [7, 11) is 3.16. The Hall–Kier alpha value is -3.23. The summed E-state index contributed by atoms with van der Waals surface area (Å²) in [5.41, 5.74) is 0.864. The lowest BCUT2D eigenvalue weighted by atomic mass is 9.97. The second-order valence-corrected chi connectivity index (χ2v) is 6.56. The topological polar surface area (TPSA) is 106 Å². The molecule has 1 aliphatic heterocycles. The molecule has 3 rings (SSSR count). The van der Waals surface area contributed by atoms with Gasteiger partial charge >= 0.3 is 12.0 Å². The molecule has 2 aromatic rings. The first-order valence-corrected chi connectivity index (χ1v) is 9.04. The van der Waals surface area contributed by atoms with Gasteiger partial charge in [0, 0.05) is 24.7 Å². The van der Waals surface area contributed by atoms with Gasteiger partial charge in [0.15, 0.2) is 11.5 Å². The largest absolute Gasteiger partial charge is 0.493 e. The average molecular weight is 388 g/mol. The van der Waals surface area contributed by atoms with Gasteiger partial charge in [0.1, 0.15) is 5.82 Å². The van der Waals surface area contributed by atoms with Gasteiger partial charge in [-0.15, -0.1) is 0 Å². The van der Waals surface area contributed by atoms with Crippen LogP contribution in [0.2, 0.25) is 0 Å². The number of ether oxygens (including phenoxy) is 2. The van der Waals surface area contributed by atoms with Crippen LogP contribution in [0.4, 0.5) is 10.6 Å². The second kappa shape index (κ2) is 8.64. The van der Waals surface area contributed by atoms with Crippen molar-refractivity contribution in [2.45, 2.75) is 19.4 Å². The summed E-state index contributed by atoms with van der Waals surface area (Å²) in [5, 5.41) is 16.2. The normalized spacial score (nSPS) is 14.6. The minimum Gasteiger partial charge on any atom is -0.493 e. The Bertz CT molecular complexity index is 843. The number of rotatable bonds is 6. The Balaban J connectivity index is 1.68. The first kappa shape index (κ1) is 19.5. The zero-order valence-corrected chi connectivity index (χ0v) is 15.9. The van der Waals surface area contributed by atoms with Crippen LogP contribution in [0.5, 0.6) is 11.5 Å². The standard InChI is InChI=1S/C19H24N4O5/c1-27-15-5-3-4-14(17(15)28-2)12-23-16(6-9-20-23)21-19(26)22-10-7-13(8-11-22)18(24)25/h3-6,9,13H,7-8,10-12H2,1-2H3,(H,21,26)(H,24,25). The van der Waals surface area contributed by atoms with Crippen molar-refractivity contribution < 1.29 is 24.2 Å². The van der Waals surface area contributed by atoms with Crippen LogP contribution in [-0.2, 0) is 11.3 Å². The van der Waals surface area contributed by atoms with E-state index < -0.39 is 5.97 Å². The predicted molar refractivity (Wildman–Crippen MR) is 102 cm³/mol. The number of carbonyl (C=O) groups is 2. The van der Waals surface area contributed by atoms with E-state index >= 15 is 0 Å². The van der Waals surface area contributed by atoms with Crippen LogP contribution < -0.4 is 14.8 Å². The van der Waals surface area contributed by atoms with E-state index in [-0.39, 0.29) is 11.9 Å². The molecule has 2 N–H and O–H groups in total. The zero-order valence-electron chi connectivity index (χ0n) is 15.9. The van der Waals surface area contributed by atoms with Crippen molar-refractivity contribution in [2.24, 2.45) is 5.92 Å². The van der Waals surface area contributed by atoms with Crippen molar-refractivity contribution in [3.63, 3.8) is 0 Å². The SMILES string of the molecule is COc1cccc(Cn2nccc2NC(=O)N2CCC(C(=O)O)CC2)c1OC. The van der Waals surface area contributed by atoms with E-state index in [9.17, 15) is 9.59 Å². The molecule has 1 saturated heterocycles. The minimum atomic E-state index is -0.801. The van der Waals surface area contributed by atoms with Crippen molar-refractivity contribution in [3.8, 4) is 11.5 Å². The third-order valence-electron chi connectivity index (χ3n) is 4.89. The van der Waals surface area contributed by atoms with E-state index in [2.05, 4.69) is 10.4 Å². The molecular weight excluding hydrogens is 364 g/mol. The van der Waals surface area contributed by atoms with Crippen LogP contribution in [0.25, 0.3) is 0 Å². The van der Waals surface area contributed by atoms with Crippen LogP contribution in [0, 0.1) is 5.92 Å². The summed E-state index contributed by atoms with van der Waals surface area (Å²) in [6, 6.07) is 7.04. The Morgan fingerprint density at radius 1 is 1.21 bits per heavy atom. The molecule has 0 atom stereocenters. The fourth-order valence-electron chi connectivity index (χ4n) is 3.32. The highest BCUT2D eigenvalue weighted by Gasteiger charge is 2.27. The predicted octanol–water partition coefficient (Wildman–Crippen LogP) is 2.28. The molecule has 1 aromatic carbocycles. The number of carbonyl (C=O) groups excluding carboxylic acids is 1. The van der Waals surface area contributed by atoms with Gasteiger partial charge in [-0.1, -0.05) is 12.1 Å². The van der Waals surface area contributed by atoms with Gasteiger partial charge < -0.3 is 19.5 Å². The molecule has 1 fully saturated rings. The van der Waals surface area contributed by atoms with Crippen molar-refractivity contribution in [3.05, 3.63) is 36.0 Å². The lowest BCUT2D eigenvalue weighted by Gasteiger charge is -2.30. The lowest BCUT2D eigenvalue weighted by molar-refractivity contribution is -0.143. The number of nitrogens with zero attached hydrogens (tertiary/aromatic N) is 3. The van der Waals surface area contributed by atoms with Crippen LogP contribution in [0.1, 0.15) is 18.4 Å². The van der Waals surface area contributed by atoms with Gasteiger partial charge in [-0.25, -0.2) is 9.48 Å². The van der Waals surface area contributed by atoms with Crippen molar-refractivity contribution in [1.82, 2.24) is 14.7 Å². The molecule has 2 heterocycles. The second-order valence-electron chi connectivity index (χ2n) is 6.56. The first-order valence-electron chi connectivity index (χ1n) is 9.04. The molecule has 0 bridgehead atoms. The number of piperidine rings is 1. The van der Waals surface area contributed by atoms with Crippen molar-refractivity contribution >= 4 is 17.8 Å². The summed E-state index contributed by atoms with van der Waals surface area (Å²) in [5.74, 6) is 0.614. The van der Waals surface area contributed by atoms with Gasteiger partial charge in [0.25, 0.3) is 0 Å². The Kier molecular flexibility index (Phi) is 6.03. The average Bonchev–Trinajstić information content (AvgIpc) is 3.14. The number of para-hydroxylation sites is 1. The maximum atomic E-state index is 12.6. The zero-order chi connectivity index (χ0) is 20.1. The van der Waals surface area contributed by atoms with E-state index in [4.69, 9.17) is 14.6 Å². The van der Waals surface area contributed by atoms with Crippen LogP contribution in [0.15, 0.2) is 30.5 Å². The molecule has 1 aliphatic rings. The Morgan fingerprint density at radius 3 is 2.61 bits per heavy atom. The fraction of sp³-hybridized carbons (Fsp3) is 0.421. The molecular formula is C19H24N4O5. The number of methoxy groups -OCH3 is 2. The fourth-order valence-corrected chi connectivity index (χ4v) is 3.32. The summed E-state index contributed by atoms with van der Waals surface area (Å²) >= 11 is 0. The van der Waals surface area contributed by atoms with Gasteiger partial charge in [-0.05, 0) is 18.9 Å². The number of likely N-dealkylation sites (tertiary alicyclic amines) is 1. The number of urea groups is 1. The quantitative estimate of drug-likeness (QED) is 0.786. The molecule has 0 saturated carbocycles. The molecule has 0 aliphatic carbocycles. The van der Waals surface area contributed by atoms with E-state index in [1.165, 1.54) is 0 Å². The van der Waals surface area contributed by atoms with E-state index in [0.29, 0.717) is 49.8 Å². The maximum absolute atomic E-state index is 12.6. The van der Waals surface area contributed by atoms with E-state index in [0.717, 1.165) is 5.56 Å². The lowest BCUT2D eigenvalue weighted by Crippen LogP contribution is -2.42. The molecule has 0 spiro atoms. The smallest absolute Gasteiger partial charge is 0.322 e. The molecule has 9 nitrogen and oxygen atoms in total. The summed E-state index contributed by atoms with van der Waals surface area (Å²) in [6.07, 6.45) is 2.53. The number of aromatic nitrogens is 2. The summed E-state index contributed by atoms with van der Waals surface area (Å²) < 4.78 is 12.4. The van der Waals surface area contributed by atoms with Gasteiger partial charge in [-0.3, -0.25) is 10.1 Å². The number of hydrogen-bond acceptors (Lipinski definition) is 5. The van der Waals surface area contributed by atoms with Crippen molar-refractivity contribution in [1.29, 1.82) is 0 Å². The molecule has 9 heteroatoms. The minimum absolute atomic E-state index is 0.261. The molecule has 28 heavy (non-hydrogen) atoms. The monoisotopic (exact) mass is 388 g/mol. The summed E-state index contributed by atoms with van der Waals surface area (Å²) in [4.78, 5) is 25.2. The number of benzene rings is 1. The van der Waals surface area contributed by atoms with Gasteiger partial charge in [0.2, 0.25) is 0 Å². The number of amides is 2. The summed E-state index contributed by atoms with van der Waals surface area (Å²) in [6.45, 7) is 1.23. The number of aliphatic carboxylic acids is 1. The van der Waals surface area contributed by atoms with Crippen LogP contribution in [-0.4, -0.2) is 59.1 Å². The maximum Gasteiger partial charge on any atom is 0.322 e. The number of carboxylic acid groups (broad SMARTS) is 1. The van der Waals surface area contributed by atoms with Crippen LogP contribution >= 0.6 is 0 Å². The molecule has 1 aromatic heterocycles. The number of anilines is 1. The number of nitrogens with one attached hydrogen (secondary N) is 1. The third-order valence-corrected chi connectivity index (χ3v) is 4.89. The highest BCUT2D eigenvalue weighted by molar-refractivity contribution is 5.88. The first-order chi connectivity index (χ1) is 13.5. The highest BCUT2D eigenvalue weighted by Crippen LogP contribution is 2.31. The van der Waals surface area contributed by atoms with Gasteiger partial charge in [0.05, 0.1) is 32.9 Å². The Morgan fingerprint density at radius 2 is 1.96 bits per heavy atom. The number of hydrogen-bond donors (Lipinski definition) is 2. The third kappa shape index (κ3) is 4.19. The molecule has 150 valence electrons. The van der Waals surface area contributed by atoms with Crippen LogP contribution in [0.3, 0.4) is 0 Å². The van der Waals surface area contributed by atoms with E-state index in [1.807, 2.05) is 18.2 Å². The molecule has 0 radical (unpaired) electrons. The van der Waals surface area contributed by atoms with Gasteiger partial charge in [-0.2, -0.15) is 5.10 Å². The Labute approximate surface area is 162 Å². The highest BCUT2D eigenvalue weighted by atomic mass is 16.5. The van der Waals surface area contributed by atoms with E-state index in [1.54, 1.807) is 36.1 Å². The molecule has 0 unspecified atom stereocenters. The molecule has 2 amide bonds.